The molecule has 0 saturated carbocycles. The molecule has 0 fully saturated rings. The van der Waals surface area contributed by atoms with Crippen LogP contribution < -0.4 is 19.6 Å². The molecular weight excluding hydrogens is 426 g/mol. The monoisotopic (exact) mass is 447 g/mol. The van der Waals surface area contributed by atoms with Crippen LogP contribution in [0.1, 0.15) is 0 Å². The zero-order chi connectivity index (χ0) is 23.1. The molecule has 0 unspecified atom stereocenters. The van der Waals surface area contributed by atoms with Gasteiger partial charge in [-0.05, 0) is 23.4 Å². The van der Waals surface area contributed by atoms with Crippen molar-refractivity contribution in [1.82, 2.24) is 0 Å². The van der Waals surface area contributed by atoms with Gasteiger partial charge in [-0.25, -0.2) is 0 Å². The molecule has 0 bridgehead atoms. The smallest absolute Gasteiger partial charge is 0.226 e. The van der Waals surface area contributed by atoms with Crippen LogP contribution in [-0.2, 0) is 0 Å². The Labute approximate surface area is 181 Å². The van der Waals surface area contributed by atoms with Crippen LogP contribution in [0.3, 0.4) is 0 Å². The number of ether oxygens (including phenoxy) is 3. The summed E-state index contributed by atoms with van der Waals surface area (Å²) in [6.45, 7) is -0.869. The zero-order valence-electron chi connectivity index (χ0n) is 16.8. The van der Waals surface area contributed by atoms with Gasteiger partial charge in [0.15, 0.2) is 22.9 Å². The first-order valence-corrected chi connectivity index (χ1v) is 9.56. The van der Waals surface area contributed by atoms with Gasteiger partial charge >= 0.3 is 0 Å². The van der Waals surface area contributed by atoms with Crippen molar-refractivity contribution in [2.75, 3.05) is 39.6 Å². The summed E-state index contributed by atoms with van der Waals surface area (Å²) in [6, 6.07) is 6.90. The van der Waals surface area contributed by atoms with Gasteiger partial charge < -0.3 is 39.1 Å². The van der Waals surface area contributed by atoms with Crippen LogP contribution in [0.2, 0.25) is 0 Å². The average Bonchev–Trinajstić information content (AvgIpc) is 2.79. The molecule has 1 aromatic heterocycles. The van der Waals surface area contributed by atoms with Crippen molar-refractivity contribution in [2.45, 2.75) is 0 Å². The van der Waals surface area contributed by atoms with E-state index in [1.165, 1.54) is 24.3 Å². The van der Waals surface area contributed by atoms with Gasteiger partial charge in [0.05, 0.1) is 19.8 Å². The Morgan fingerprint density at radius 2 is 1.53 bits per heavy atom. The molecule has 0 aliphatic rings. The highest BCUT2D eigenvalue weighted by Crippen LogP contribution is 2.39. The number of aromatic hydroxyl groups is 1. The minimum absolute atomic E-state index is 0.00305. The fraction of sp³-hybridized carbons (Fsp3) is 0.286. The molecule has 2 aromatic carbocycles. The van der Waals surface area contributed by atoms with Crippen molar-refractivity contribution >= 4 is 16.7 Å². The SMILES string of the molecule is O=Nc1c(-c2ccc(OCCO)c(OCCO)c2)oc2cc(OCCO)cc(O)c2c1=O. The van der Waals surface area contributed by atoms with Crippen LogP contribution in [0.4, 0.5) is 5.69 Å². The topological polar surface area (TPSA) is 168 Å². The van der Waals surface area contributed by atoms with Crippen molar-refractivity contribution in [1.29, 1.82) is 0 Å². The highest BCUT2D eigenvalue weighted by molar-refractivity contribution is 5.90. The van der Waals surface area contributed by atoms with Crippen LogP contribution in [0.15, 0.2) is 44.7 Å². The van der Waals surface area contributed by atoms with Crippen LogP contribution in [0.25, 0.3) is 22.3 Å². The molecule has 0 aliphatic carbocycles. The molecule has 32 heavy (non-hydrogen) atoms. The third-order valence-electron chi connectivity index (χ3n) is 4.28. The Morgan fingerprint density at radius 3 is 2.19 bits per heavy atom. The average molecular weight is 447 g/mol. The molecule has 170 valence electrons. The van der Waals surface area contributed by atoms with Crippen LogP contribution in [0.5, 0.6) is 23.0 Å². The maximum atomic E-state index is 12.9. The summed E-state index contributed by atoms with van der Waals surface area (Å²) in [6.07, 6.45) is 0. The third-order valence-corrected chi connectivity index (χ3v) is 4.28. The summed E-state index contributed by atoms with van der Waals surface area (Å²) in [5.41, 5.74) is -1.23. The highest BCUT2D eigenvalue weighted by atomic mass is 16.5. The van der Waals surface area contributed by atoms with Gasteiger partial charge in [0, 0.05) is 17.7 Å². The largest absolute Gasteiger partial charge is 0.507 e. The number of hydrogen-bond acceptors (Lipinski definition) is 11. The second kappa shape index (κ2) is 10.6. The molecule has 4 N–H and O–H groups in total. The minimum atomic E-state index is -0.846. The number of rotatable bonds is 11. The molecule has 3 aromatic rings. The molecule has 11 nitrogen and oxygen atoms in total. The second-order valence-corrected chi connectivity index (χ2v) is 6.39. The number of aliphatic hydroxyl groups excluding tert-OH is 3. The Kier molecular flexibility index (Phi) is 7.60. The molecule has 0 spiro atoms. The van der Waals surface area contributed by atoms with E-state index in [4.69, 9.17) is 33.9 Å². The standard InChI is InChI=1S/C21H21NO10/c23-3-6-29-13-10-14(26)18-17(11-13)32-21(19(22-28)20(18)27)12-1-2-15(30-7-4-24)16(9-12)31-8-5-25/h1-2,9-11,23-26H,3-8H2. The summed E-state index contributed by atoms with van der Waals surface area (Å²) in [7, 11) is 0. The number of hydrogen-bond donors (Lipinski definition) is 4. The molecule has 0 saturated heterocycles. The van der Waals surface area contributed by atoms with E-state index in [0.29, 0.717) is 0 Å². The van der Waals surface area contributed by atoms with E-state index in [-0.39, 0.29) is 79.2 Å². The van der Waals surface area contributed by atoms with Gasteiger partial charge in [0.2, 0.25) is 5.43 Å². The number of aliphatic hydroxyl groups is 3. The fourth-order valence-electron chi connectivity index (χ4n) is 2.98. The fourth-order valence-corrected chi connectivity index (χ4v) is 2.98. The minimum Gasteiger partial charge on any atom is -0.507 e. The number of benzene rings is 2. The van der Waals surface area contributed by atoms with E-state index in [1.54, 1.807) is 0 Å². The Bertz CT molecular complexity index is 1160. The summed E-state index contributed by atoms with van der Waals surface area (Å²) in [4.78, 5) is 24.3. The lowest BCUT2D eigenvalue weighted by Crippen LogP contribution is -2.07. The molecule has 0 radical (unpaired) electrons. The predicted molar refractivity (Wildman–Crippen MR) is 113 cm³/mol. The van der Waals surface area contributed by atoms with Gasteiger partial charge in [-0.15, -0.1) is 4.91 Å². The van der Waals surface area contributed by atoms with Crippen molar-refractivity contribution in [3.63, 3.8) is 0 Å². The second-order valence-electron chi connectivity index (χ2n) is 6.39. The molecule has 0 aliphatic heterocycles. The first-order valence-electron chi connectivity index (χ1n) is 9.56. The van der Waals surface area contributed by atoms with Gasteiger partial charge in [-0.3, -0.25) is 4.79 Å². The quantitative estimate of drug-likeness (QED) is 0.317. The number of fused-ring (bicyclic) bond motifs is 1. The van der Waals surface area contributed by atoms with Gasteiger partial charge in [0.1, 0.15) is 42.3 Å². The predicted octanol–water partition coefficient (Wildman–Crippen LogP) is 1.68. The highest BCUT2D eigenvalue weighted by Gasteiger charge is 2.21. The van der Waals surface area contributed by atoms with Crippen LogP contribution in [0, 0.1) is 4.91 Å². The first kappa shape index (κ1) is 23.0. The number of phenolic OH excluding ortho intramolecular Hbond substituents is 1. The van der Waals surface area contributed by atoms with Gasteiger partial charge in [0.25, 0.3) is 0 Å². The van der Waals surface area contributed by atoms with Crippen molar-refractivity contribution in [3.05, 3.63) is 45.5 Å². The summed E-state index contributed by atoms with van der Waals surface area (Å²) >= 11 is 0. The van der Waals surface area contributed by atoms with E-state index >= 15 is 0 Å². The van der Waals surface area contributed by atoms with E-state index in [0.717, 1.165) is 6.07 Å². The first-order chi connectivity index (χ1) is 15.5. The number of nitroso groups, excluding NO2 is 1. The molecule has 11 heteroatoms. The van der Waals surface area contributed by atoms with Crippen LogP contribution in [-0.4, -0.2) is 60.1 Å². The van der Waals surface area contributed by atoms with Crippen molar-refractivity contribution in [3.8, 4) is 34.3 Å². The Hall–Kier alpha value is -3.67. The molecular formula is C21H21NO10. The van der Waals surface area contributed by atoms with E-state index in [9.17, 15) is 14.8 Å². The van der Waals surface area contributed by atoms with Crippen molar-refractivity contribution < 1.29 is 39.1 Å². The molecule has 1 heterocycles. The number of phenols is 1. The zero-order valence-corrected chi connectivity index (χ0v) is 16.8. The third kappa shape index (κ3) is 4.80. The van der Waals surface area contributed by atoms with Gasteiger partial charge in [-0.1, -0.05) is 0 Å². The maximum absolute atomic E-state index is 12.9. The number of nitrogens with zero attached hydrogens (tertiary/aromatic N) is 1. The Morgan fingerprint density at radius 1 is 0.875 bits per heavy atom. The molecule has 0 amide bonds. The van der Waals surface area contributed by atoms with E-state index in [1.807, 2.05) is 0 Å². The summed E-state index contributed by atoms with van der Waals surface area (Å²) in [5, 5.41) is 39.7. The Balaban J connectivity index is 2.18. The molecule has 3 rings (SSSR count). The summed E-state index contributed by atoms with van der Waals surface area (Å²) < 4.78 is 21.9. The lowest BCUT2D eigenvalue weighted by Gasteiger charge is -2.14. The molecule has 0 atom stereocenters. The van der Waals surface area contributed by atoms with Crippen LogP contribution >= 0.6 is 0 Å². The van der Waals surface area contributed by atoms with Gasteiger partial charge in [-0.2, -0.15) is 0 Å². The maximum Gasteiger partial charge on any atom is 0.226 e. The van der Waals surface area contributed by atoms with Crippen molar-refractivity contribution in [2.24, 2.45) is 5.18 Å². The van der Waals surface area contributed by atoms with E-state index in [2.05, 4.69) is 5.18 Å². The lowest BCUT2D eigenvalue weighted by molar-refractivity contribution is 0.178. The normalized spacial score (nSPS) is 10.8. The lowest BCUT2D eigenvalue weighted by atomic mass is 10.1. The summed E-state index contributed by atoms with van der Waals surface area (Å²) in [5.74, 6) is -0.0754. The van der Waals surface area contributed by atoms with E-state index < -0.39 is 16.9 Å².